The first kappa shape index (κ1) is 18.1. The standard InChI is InChI=1S/C20H16ClN5O2/c1-26-17-7-6-14(21)9-15(17)19(27)25-16(20(26)28)8-12-2-4-13(5-3-12)18-23-10-22-11-24-18/h2-7,9-11,16H,8H2,1H3,(H,25,27). The number of carbonyl (C=O) groups excluding carboxylic acids is 2. The van der Waals surface area contributed by atoms with Gasteiger partial charge in [-0.2, -0.15) is 0 Å². The Morgan fingerprint density at radius 2 is 1.79 bits per heavy atom. The molecule has 0 bridgehead atoms. The maximum Gasteiger partial charge on any atom is 0.254 e. The van der Waals surface area contributed by atoms with E-state index >= 15 is 0 Å². The largest absolute Gasteiger partial charge is 0.340 e. The molecule has 2 heterocycles. The Morgan fingerprint density at radius 3 is 2.50 bits per heavy atom. The minimum absolute atomic E-state index is 0.184. The molecule has 1 aliphatic heterocycles. The van der Waals surface area contributed by atoms with Gasteiger partial charge in [0.2, 0.25) is 5.91 Å². The zero-order chi connectivity index (χ0) is 19.7. The number of fused-ring (bicyclic) bond motifs is 1. The van der Waals surface area contributed by atoms with E-state index in [-0.39, 0.29) is 11.8 Å². The van der Waals surface area contributed by atoms with E-state index in [0.29, 0.717) is 28.5 Å². The molecule has 1 unspecified atom stereocenters. The first-order valence-electron chi connectivity index (χ1n) is 8.62. The number of hydrogen-bond acceptors (Lipinski definition) is 5. The van der Waals surface area contributed by atoms with Crippen LogP contribution < -0.4 is 10.2 Å². The average molecular weight is 394 g/mol. The van der Waals surface area contributed by atoms with Gasteiger partial charge in [0.15, 0.2) is 5.82 Å². The molecule has 1 aromatic heterocycles. The van der Waals surface area contributed by atoms with Gasteiger partial charge in [-0.05, 0) is 23.8 Å². The molecule has 4 rings (SSSR count). The molecule has 1 atom stereocenters. The molecular formula is C20H16ClN5O2. The number of aromatic nitrogens is 3. The second-order valence-corrected chi connectivity index (χ2v) is 6.88. The molecule has 7 nitrogen and oxygen atoms in total. The number of halogens is 1. The molecule has 2 aromatic carbocycles. The van der Waals surface area contributed by atoms with Gasteiger partial charge in [0.25, 0.3) is 5.91 Å². The van der Waals surface area contributed by atoms with E-state index in [0.717, 1.165) is 11.1 Å². The summed E-state index contributed by atoms with van der Waals surface area (Å²) < 4.78 is 0. The Hall–Kier alpha value is -3.32. The molecule has 0 saturated carbocycles. The van der Waals surface area contributed by atoms with Crippen LogP contribution in [0.25, 0.3) is 11.4 Å². The predicted octanol–water partition coefficient (Wildman–Crippen LogP) is 2.51. The third kappa shape index (κ3) is 3.44. The van der Waals surface area contributed by atoms with Gasteiger partial charge in [0.05, 0.1) is 11.3 Å². The van der Waals surface area contributed by atoms with Crippen molar-refractivity contribution in [3.8, 4) is 11.4 Å². The van der Waals surface area contributed by atoms with Gasteiger partial charge >= 0.3 is 0 Å². The molecule has 28 heavy (non-hydrogen) atoms. The SMILES string of the molecule is CN1C(=O)C(Cc2ccc(-c3ncncn3)cc2)NC(=O)c2cc(Cl)ccc21. The number of hydrogen-bond donors (Lipinski definition) is 1. The predicted molar refractivity (Wildman–Crippen MR) is 105 cm³/mol. The lowest BCUT2D eigenvalue weighted by Gasteiger charge is -2.21. The van der Waals surface area contributed by atoms with E-state index in [1.165, 1.54) is 17.6 Å². The molecule has 8 heteroatoms. The first-order chi connectivity index (χ1) is 13.5. The van der Waals surface area contributed by atoms with Crippen LogP contribution >= 0.6 is 11.6 Å². The number of rotatable bonds is 3. The van der Waals surface area contributed by atoms with Crippen molar-refractivity contribution >= 4 is 29.1 Å². The fourth-order valence-electron chi connectivity index (χ4n) is 3.19. The molecule has 3 aromatic rings. The van der Waals surface area contributed by atoms with Crippen molar-refractivity contribution in [1.29, 1.82) is 0 Å². The summed E-state index contributed by atoms with van der Waals surface area (Å²) in [5.41, 5.74) is 2.69. The third-order valence-corrected chi connectivity index (χ3v) is 4.88. The maximum atomic E-state index is 12.9. The Morgan fingerprint density at radius 1 is 1.07 bits per heavy atom. The first-order valence-corrected chi connectivity index (χ1v) is 9.00. The molecule has 2 amide bonds. The van der Waals surface area contributed by atoms with E-state index in [2.05, 4.69) is 20.3 Å². The molecule has 0 spiro atoms. The molecule has 140 valence electrons. The van der Waals surface area contributed by atoms with Crippen molar-refractivity contribution < 1.29 is 9.59 Å². The maximum absolute atomic E-state index is 12.9. The van der Waals surface area contributed by atoms with E-state index in [1.54, 1.807) is 25.2 Å². The van der Waals surface area contributed by atoms with Crippen molar-refractivity contribution in [2.24, 2.45) is 0 Å². The lowest BCUT2D eigenvalue weighted by atomic mass is 10.0. The zero-order valence-corrected chi connectivity index (χ0v) is 15.7. The van der Waals surface area contributed by atoms with Crippen LogP contribution in [0.4, 0.5) is 5.69 Å². The lowest BCUT2D eigenvalue weighted by Crippen LogP contribution is -2.45. The molecule has 0 radical (unpaired) electrons. The Balaban J connectivity index is 1.57. The number of nitrogens with zero attached hydrogens (tertiary/aromatic N) is 4. The lowest BCUT2D eigenvalue weighted by molar-refractivity contribution is -0.120. The van der Waals surface area contributed by atoms with Gasteiger partial charge < -0.3 is 10.2 Å². The summed E-state index contributed by atoms with van der Waals surface area (Å²) in [6.45, 7) is 0. The zero-order valence-electron chi connectivity index (χ0n) is 15.0. The number of likely N-dealkylation sites (N-methyl/N-ethyl adjacent to an activating group) is 1. The summed E-state index contributed by atoms with van der Waals surface area (Å²) in [6.07, 6.45) is 3.25. The highest BCUT2D eigenvalue weighted by Gasteiger charge is 2.32. The summed E-state index contributed by atoms with van der Waals surface area (Å²) in [7, 11) is 1.66. The van der Waals surface area contributed by atoms with Gasteiger partial charge in [0, 0.05) is 24.1 Å². The quantitative estimate of drug-likeness (QED) is 0.738. The van der Waals surface area contributed by atoms with Crippen LogP contribution in [-0.2, 0) is 11.2 Å². The van der Waals surface area contributed by atoms with Gasteiger partial charge in [-0.1, -0.05) is 35.9 Å². The highest BCUT2D eigenvalue weighted by atomic mass is 35.5. The molecule has 0 aliphatic carbocycles. The smallest absolute Gasteiger partial charge is 0.254 e. The summed E-state index contributed by atoms with van der Waals surface area (Å²) >= 11 is 6.01. The van der Waals surface area contributed by atoms with Gasteiger partial charge in [0.1, 0.15) is 18.7 Å². The highest BCUT2D eigenvalue weighted by molar-refractivity contribution is 6.31. The van der Waals surface area contributed by atoms with E-state index < -0.39 is 6.04 Å². The summed E-state index contributed by atoms with van der Waals surface area (Å²) in [6, 6.07) is 11.8. The van der Waals surface area contributed by atoms with Crippen LogP contribution in [0.2, 0.25) is 5.02 Å². The third-order valence-electron chi connectivity index (χ3n) is 4.64. The van der Waals surface area contributed by atoms with E-state index in [1.807, 2.05) is 24.3 Å². The fraction of sp³-hybridized carbons (Fsp3) is 0.150. The van der Waals surface area contributed by atoms with Crippen molar-refractivity contribution in [3.05, 3.63) is 71.3 Å². The van der Waals surface area contributed by atoms with Crippen molar-refractivity contribution in [1.82, 2.24) is 20.3 Å². The number of carbonyl (C=O) groups is 2. The average Bonchev–Trinajstić information content (AvgIpc) is 2.80. The summed E-state index contributed by atoms with van der Waals surface area (Å²) in [5, 5.41) is 3.26. The van der Waals surface area contributed by atoms with Crippen molar-refractivity contribution in [3.63, 3.8) is 0 Å². The Bertz CT molecular complexity index is 1040. The van der Waals surface area contributed by atoms with Crippen LogP contribution in [-0.4, -0.2) is 39.9 Å². The second kappa shape index (κ2) is 7.36. The second-order valence-electron chi connectivity index (χ2n) is 6.45. The van der Waals surface area contributed by atoms with Crippen LogP contribution in [0.3, 0.4) is 0 Å². The molecule has 0 fully saturated rings. The van der Waals surface area contributed by atoms with Crippen molar-refractivity contribution in [2.45, 2.75) is 12.5 Å². The normalized spacial score (nSPS) is 16.4. The van der Waals surface area contributed by atoms with Gasteiger partial charge in [-0.3, -0.25) is 9.59 Å². The molecule has 1 N–H and O–H groups in total. The van der Waals surface area contributed by atoms with Gasteiger partial charge in [-0.25, -0.2) is 15.0 Å². The van der Waals surface area contributed by atoms with Gasteiger partial charge in [-0.15, -0.1) is 0 Å². The minimum atomic E-state index is -0.674. The van der Waals surface area contributed by atoms with Crippen LogP contribution in [0.15, 0.2) is 55.1 Å². The van der Waals surface area contributed by atoms with E-state index in [4.69, 9.17) is 11.6 Å². The molecule has 0 saturated heterocycles. The van der Waals surface area contributed by atoms with Crippen LogP contribution in [0.5, 0.6) is 0 Å². The number of benzene rings is 2. The minimum Gasteiger partial charge on any atom is -0.340 e. The number of amides is 2. The monoisotopic (exact) mass is 393 g/mol. The fourth-order valence-corrected chi connectivity index (χ4v) is 3.36. The Kier molecular flexibility index (Phi) is 4.75. The van der Waals surface area contributed by atoms with Crippen molar-refractivity contribution in [2.75, 3.05) is 11.9 Å². The summed E-state index contributed by atoms with van der Waals surface area (Å²) in [5.74, 6) is 0.0745. The highest BCUT2D eigenvalue weighted by Crippen LogP contribution is 2.27. The Labute approximate surface area is 166 Å². The van der Waals surface area contributed by atoms with Crippen LogP contribution in [0, 0.1) is 0 Å². The number of anilines is 1. The number of nitrogens with one attached hydrogen (secondary N) is 1. The molecular weight excluding hydrogens is 378 g/mol. The van der Waals surface area contributed by atoms with Crippen LogP contribution in [0.1, 0.15) is 15.9 Å². The van der Waals surface area contributed by atoms with E-state index in [9.17, 15) is 9.59 Å². The summed E-state index contributed by atoms with van der Waals surface area (Å²) in [4.78, 5) is 39.0. The topological polar surface area (TPSA) is 88.1 Å². The molecule has 1 aliphatic rings.